The molecular weight excluding hydrogens is 218 g/mol. The van der Waals surface area contributed by atoms with E-state index in [-0.39, 0.29) is 6.04 Å². The fraction of sp³-hybridized carbons (Fsp3) is 0.583. The molecule has 1 aliphatic carbocycles. The van der Waals surface area contributed by atoms with Crippen LogP contribution in [0.15, 0.2) is 12.4 Å². The first-order chi connectivity index (χ1) is 8.02. The van der Waals surface area contributed by atoms with E-state index in [9.17, 15) is 9.90 Å². The standard InChI is InChI=1S/C12H17N3O2/c1-8-6-13-11(14-7-8)15-9-4-3-5-12(9,2)10(16)17/h6-7,9H,3-5H2,1-2H3,(H,16,17)(H,13,14,15). The average Bonchev–Trinajstić information content (AvgIpc) is 2.65. The monoisotopic (exact) mass is 235 g/mol. The fourth-order valence-electron chi connectivity index (χ4n) is 2.28. The van der Waals surface area contributed by atoms with Crippen LogP contribution in [0.5, 0.6) is 0 Å². The van der Waals surface area contributed by atoms with Crippen molar-refractivity contribution in [3.8, 4) is 0 Å². The van der Waals surface area contributed by atoms with Gasteiger partial charge in [-0.1, -0.05) is 6.42 Å². The van der Waals surface area contributed by atoms with E-state index in [2.05, 4.69) is 15.3 Å². The van der Waals surface area contributed by atoms with E-state index in [0.29, 0.717) is 12.4 Å². The first-order valence-corrected chi connectivity index (χ1v) is 5.81. The van der Waals surface area contributed by atoms with Gasteiger partial charge in [0, 0.05) is 18.4 Å². The van der Waals surface area contributed by atoms with E-state index < -0.39 is 11.4 Å². The number of anilines is 1. The number of aryl methyl sites for hydroxylation is 1. The van der Waals surface area contributed by atoms with Crippen molar-refractivity contribution in [2.45, 2.75) is 39.2 Å². The van der Waals surface area contributed by atoms with Crippen molar-refractivity contribution in [3.05, 3.63) is 18.0 Å². The molecular formula is C12H17N3O2. The van der Waals surface area contributed by atoms with Gasteiger partial charge in [-0.2, -0.15) is 0 Å². The number of carbonyl (C=O) groups is 1. The molecule has 0 bridgehead atoms. The van der Waals surface area contributed by atoms with Gasteiger partial charge in [-0.15, -0.1) is 0 Å². The minimum atomic E-state index is -0.750. The SMILES string of the molecule is Cc1cnc(NC2CCCC2(C)C(=O)O)nc1. The maximum absolute atomic E-state index is 11.3. The molecule has 0 radical (unpaired) electrons. The van der Waals surface area contributed by atoms with E-state index in [0.717, 1.165) is 18.4 Å². The van der Waals surface area contributed by atoms with Crippen LogP contribution in [0.3, 0.4) is 0 Å². The van der Waals surface area contributed by atoms with Crippen LogP contribution in [-0.4, -0.2) is 27.1 Å². The second kappa shape index (κ2) is 4.31. The molecule has 1 aromatic rings. The minimum absolute atomic E-state index is 0.0947. The molecule has 2 atom stereocenters. The zero-order valence-electron chi connectivity index (χ0n) is 10.1. The van der Waals surface area contributed by atoms with Crippen LogP contribution in [0.25, 0.3) is 0 Å². The summed E-state index contributed by atoms with van der Waals surface area (Å²) in [5, 5.41) is 12.4. The smallest absolute Gasteiger partial charge is 0.311 e. The van der Waals surface area contributed by atoms with E-state index in [4.69, 9.17) is 0 Å². The van der Waals surface area contributed by atoms with Crippen LogP contribution in [0.4, 0.5) is 5.95 Å². The number of aliphatic carboxylic acids is 1. The normalized spacial score (nSPS) is 28.0. The quantitative estimate of drug-likeness (QED) is 0.836. The number of nitrogens with zero attached hydrogens (tertiary/aromatic N) is 2. The Morgan fingerprint density at radius 2 is 2.18 bits per heavy atom. The lowest BCUT2D eigenvalue weighted by Gasteiger charge is -2.27. The second-order valence-corrected chi connectivity index (χ2v) is 4.90. The zero-order chi connectivity index (χ0) is 12.5. The zero-order valence-corrected chi connectivity index (χ0v) is 10.1. The summed E-state index contributed by atoms with van der Waals surface area (Å²) in [5.74, 6) is -0.241. The highest BCUT2D eigenvalue weighted by Crippen LogP contribution is 2.39. The highest BCUT2D eigenvalue weighted by atomic mass is 16.4. The Kier molecular flexibility index (Phi) is 3.00. The molecule has 1 heterocycles. The predicted molar refractivity (Wildman–Crippen MR) is 63.8 cm³/mol. The number of rotatable bonds is 3. The molecule has 1 aromatic heterocycles. The Hall–Kier alpha value is -1.65. The Morgan fingerprint density at radius 3 is 2.76 bits per heavy atom. The molecule has 5 nitrogen and oxygen atoms in total. The molecule has 2 N–H and O–H groups in total. The molecule has 0 aliphatic heterocycles. The number of hydrogen-bond acceptors (Lipinski definition) is 4. The van der Waals surface area contributed by atoms with E-state index in [1.807, 2.05) is 6.92 Å². The lowest BCUT2D eigenvalue weighted by atomic mass is 9.85. The van der Waals surface area contributed by atoms with Gasteiger partial charge in [0.15, 0.2) is 0 Å². The summed E-state index contributed by atoms with van der Waals surface area (Å²) in [5.41, 5.74) is 0.275. The molecule has 1 aliphatic rings. The molecule has 1 fully saturated rings. The molecule has 17 heavy (non-hydrogen) atoms. The van der Waals surface area contributed by atoms with Crippen LogP contribution < -0.4 is 5.32 Å². The third-order valence-corrected chi connectivity index (χ3v) is 3.53. The molecule has 0 aromatic carbocycles. The molecule has 2 unspecified atom stereocenters. The lowest BCUT2D eigenvalue weighted by Crippen LogP contribution is -2.40. The Bertz CT molecular complexity index is 418. The summed E-state index contributed by atoms with van der Waals surface area (Å²) < 4.78 is 0. The van der Waals surface area contributed by atoms with Crippen LogP contribution in [0.2, 0.25) is 0 Å². The number of hydrogen-bond donors (Lipinski definition) is 2. The van der Waals surface area contributed by atoms with Crippen molar-refractivity contribution in [1.29, 1.82) is 0 Å². The van der Waals surface area contributed by atoms with Crippen molar-refractivity contribution < 1.29 is 9.90 Å². The van der Waals surface area contributed by atoms with Gasteiger partial charge in [0.05, 0.1) is 5.41 Å². The number of aromatic nitrogens is 2. The van der Waals surface area contributed by atoms with Gasteiger partial charge < -0.3 is 10.4 Å². The third-order valence-electron chi connectivity index (χ3n) is 3.53. The molecule has 0 saturated heterocycles. The van der Waals surface area contributed by atoms with Gasteiger partial charge >= 0.3 is 5.97 Å². The van der Waals surface area contributed by atoms with Gasteiger partial charge in [-0.05, 0) is 32.3 Å². The topological polar surface area (TPSA) is 75.1 Å². The van der Waals surface area contributed by atoms with E-state index >= 15 is 0 Å². The summed E-state index contributed by atoms with van der Waals surface area (Å²) >= 11 is 0. The van der Waals surface area contributed by atoms with Crippen LogP contribution >= 0.6 is 0 Å². The maximum atomic E-state index is 11.3. The number of nitrogens with one attached hydrogen (secondary N) is 1. The molecule has 2 rings (SSSR count). The molecule has 0 spiro atoms. The van der Waals surface area contributed by atoms with Crippen LogP contribution in [-0.2, 0) is 4.79 Å². The largest absolute Gasteiger partial charge is 0.481 e. The van der Waals surface area contributed by atoms with Crippen molar-refractivity contribution in [1.82, 2.24) is 9.97 Å². The van der Waals surface area contributed by atoms with E-state index in [1.54, 1.807) is 19.3 Å². The van der Waals surface area contributed by atoms with Crippen LogP contribution in [0.1, 0.15) is 31.7 Å². The molecule has 1 saturated carbocycles. The summed E-state index contributed by atoms with van der Waals surface area (Å²) in [6.45, 7) is 3.70. The van der Waals surface area contributed by atoms with E-state index in [1.165, 1.54) is 0 Å². The van der Waals surface area contributed by atoms with Gasteiger partial charge in [0.1, 0.15) is 0 Å². The number of carboxylic acids is 1. The van der Waals surface area contributed by atoms with Crippen LogP contribution in [0, 0.1) is 12.3 Å². The fourth-order valence-corrected chi connectivity index (χ4v) is 2.28. The predicted octanol–water partition coefficient (Wildman–Crippen LogP) is 1.84. The summed E-state index contributed by atoms with van der Waals surface area (Å²) in [6, 6.07) is -0.0947. The Balaban J connectivity index is 2.13. The molecule has 5 heteroatoms. The summed E-state index contributed by atoms with van der Waals surface area (Å²) in [6.07, 6.45) is 5.92. The van der Waals surface area contributed by atoms with Crippen molar-refractivity contribution in [3.63, 3.8) is 0 Å². The summed E-state index contributed by atoms with van der Waals surface area (Å²) in [7, 11) is 0. The Morgan fingerprint density at radius 1 is 1.53 bits per heavy atom. The lowest BCUT2D eigenvalue weighted by molar-refractivity contribution is -0.147. The van der Waals surface area contributed by atoms with Crippen molar-refractivity contribution >= 4 is 11.9 Å². The van der Waals surface area contributed by atoms with Gasteiger partial charge in [0.2, 0.25) is 5.95 Å². The van der Waals surface area contributed by atoms with Crippen molar-refractivity contribution in [2.75, 3.05) is 5.32 Å². The molecule has 92 valence electrons. The van der Waals surface area contributed by atoms with Gasteiger partial charge in [0.25, 0.3) is 0 Å². The maximum Gasteiger partial charge on any atom is 0.311 e. The highest BCUT2D eigenvalue weighted by Gasteiger charge is 2.45. The first kappa shape index (κ1) is 11.8. The highest BCUT2D eigenvalue weighted by molar-refractivity contribution is 5.76. The van der Waals surface area contributed by atoms with Gasteiger partial charge in [-0.25, -0.2) is 9.97 Å². The Labute approximate surface area is 100 Å². The minimum Gasteiger partial charge on any atom is -0.481 e. The average molecular weight is 235 g/mol. The van der Waals surface area contributed by atoms with Gasteiger partial charge in [-0.3, -0.25) is 4.79 Å². The number of carboxylic acid groups (broad SMARTS) is 1. The van der Waals surface area contributed by atoms with Crippen molar-refractivity contribution in [2.24, 2.45) is 5.41 Å². The molecule has 0 amide bonds. The second-order valence-electron chi connectivity index (χ2n) is 4.90. The third kappa shape index (κ3) is 2.23. The summed E-state index contributed by atoms with van der Waals surface area (Å²) in [4.78, 5) is 19.6. The first-order valence-electron chi connectivity index (χ1n) is 5.81.